The minimum Gasteiger partial charge on any atom is -0.490 e. The molecule has 0 aromatic heterocycles. The summed E-state index contributed by atoms with van der Waals surface area (Å²) in [6, 6.07) is 16.6. The van der Waals surface area contributed by atoms with Crippen LogP contribution in [0.25, 0.3) is 11.1 Å². The molecule has 1 heterocycles. The molecule has 1 fully saturated rings. The van der Waals surface area contributed by atoms with Crippen molar-refractivity contribution in [3.05, 3.63) is 54.1 Å². The smallest absolute Gasteiger partial charge is 0.127 e. The Labute approximate surface area is 107 Å². The lowest BCUT2D eigenvalue weighted by molar-refractivity contribution is 0.264. The van der Waals surface area contributed by atoms with Crippen LogP contribution in [-0.4, -0.2) is 19.3 Å². The van der Waals surface area contributed by atoms with Crippen molar-refractivity contribution in [3.8, 4) is 16.9 Å². The predicted octanol–water partition coefficient (Wildman–Crippen LogP) is 3.44. The second kappa shape index (κ2) is 4.83. The molecule has 3 rings (SSSR count). The first-order chi connectivity index (χ1) is 8.83. The lowest BCUT2D eigenvalue weighted by Gasteiger charge is -2.11. The van der Waals surface area contributed by atoms with Crippen molar-refractivity contribution in [2.45, 2.75) is 13.0 Å². The molecule has 2 aromatic rings. The normalized spacial score (nSPS) is 17.5. The van der Waals surface area contributed by atoms with Crippen molar-refractivity contribution in [3.63, 3.8) is 0 Å². The van der Waals surface area contributed by atoms with Gasteiger partial charge in [0, 0.05) is 5.56 Å². The summed E-state index contributed by atoms with van der Waals surface area (Å²) in [7, 11) is 0. The van der Waals surface area contributed by atoms with Gasteiger partial charge in [-0.15, -0.1) is 0 Å². The molecule has 1 aliphatic rings. The van der Waals surface area contributed by atoms with Gasteiger partial charge in [-0.1, -0.05) is 42.0 Å². The standard InChI is InChI=1S/C16H16O2/c1-12-7-8-16(18-11-14-10-17-14)15(9-12)13-5-3-2-4-6-13/h2-9,14H,10-11H2,1H3/t14-/m0/s1. The van der Waals surface area contributed by atoms with Crippen LogP contribution in [0.3, 0.4) is 0 Å². The molecule has 1 saturated heterocycles. The van der Waals surface area contributed by atoms with Gasteiger partial charge in [-0.25, -0.2) is 0 Å². The van der Waals surface area contributed by atoms with E-state index in [4.69, 9.17) is 9.47 Å². The van der Waals surface area contributed by atoms with Crippen molar-refractivity contribution >= 4 is 0 Å². The average molecular weight is 240 g/mol. The zero-order chi connectivity index (χ0) is 12.4. The molecule has 0 aliphatic carbocycles. The Morgan fingerprint density at radius 1 is 1.17 bits per heavy atom. The van der Waals surface area contributed by atoms with E-state index in [1.165, 1.54) is 11.1 Å². The Morgan fingerprint density at radius 2 is 1.94 bits per heavy atom. The first-order valence-electron chi connectivity index (χ1n) is 6.23. The van der Waals surface area contributed by atoms with Crippen LogP contribution in [0.15, 0.2) is 48.5 Å². The Hall–Kier alpha value is -1.80. The molecular weight excluding hydrogens is 224 g/mol. The summed E-state index contributed by atoms with van der Waals surface area (Å²) in [6.07, 6.45) is 0.287. The Kier molecular flexibility index (Phi) is 3.03. The van der Waals surface area contributed by atoms with Crippen LogP contribution in [0.2, 0.25) is 0 Å². The number of hydrogen-bond donors (Lipinski definition) is 0. The second-order valence-corrected chi connectivity index (χ2v) is 4.63. The van der Waals surface area contributed by atoms with Gasteiger partial charge < -0.3 is 9.47 Å². The molecule has 0 spiro atoms. The van der Waals surface area contributed by atoms with Gasteiger partial charge in [0.05, 0.1) is 6.61 Å². The summed E-state index contributed by atoms with van der Waals surface area (Å²) in [4.78, 5) is 0. The van der Waals surface area contributed by atoms with Gasteiger partial charge in [0.15, 0.2) is 0 Å². The van der Waals surface area contributed by atoms with Gasteiger partial charge in [-0.3, -0.25) is 0 Å². The van der Waals surface area contributed by atoms with Gasteiger partial charge in [-0.05, 0) is 24.6 Å². The van der Waals surface area contributed by atoms with Crippen LogP contribution in [0.4, 0.5) is 0 Å². The fourth-order valence-electron chi connectivity index (χ4n) is 1.96. The highest BCUT2D eigenvalue weighted by Crippen LogP contribution is 2.31. The summed E-state index contributed by atoms with van der Waals surface area (Å²) >= 11 is 0. The molecule has 18 heavy (non-hydrogen) atoms. The van der Waals surface area contributed by atoms with Gasteiger partial charge >= 0.3 is 0 Å². The number of benzene rings is 2. The summed E-state index contributed by atoms with van der Waals surface area (Å²) in [5.74, 6) is 0.933. The fraction of sp³-hybridized carbons (Fsp3) is 0.250. The van der Waals surface area contributed by atoms with E-state index in [1.807, 2.05) is 24.3 Å². The van der Waals surface area contributed by atoms with Crippen LogP contribution in [0, 0.1) is 6.92 Å². The van der Waals surface area contributed by atoms with Crippen LogP contribution in [-0.2, 0) is 4.74 Å². The minimum absolute atomic E-state index is 0.287. The second-order valence-electron chi connectivity index (χ2n) is 4.63. The number of rotatable bonds is 4. The third-order valence-electron chi connectivity index (χ3n) is 3.05. The number of epoxide rings is 1. The van der Waals surface area contributed by atoms with Crippen molar-refractivity contribution < 1.29 is 9.47 Å². The SMILES string of the molecule is Cc1ccc(OC[C@@H]2CO2)c(-c2ccccc2)c1. The van der Waals surface area contributed by atoms with Crippen molar-refractivity contribution in [1.82, 2.24) is 0 Å². The molecule has 0 N–H and O–H groups in total. The Morgan fingerprint density at radius 3 is 2.67 bits per heavy atom. The highest BCUT2D eigenvalue weighted by molar-refractivity contribution is 5.71. The van der Waals surface area contributed by atoms with Crippen molar-refractivity contribution in [2.24, 2.45) is 0 Å². The number of aryl methyl sites for hydroxylation is 1. The van der Waals surface area contributed by atoms with Gasteiger partial charge in [-0.2, -0.15) is 0 Å². The molecule has 92 valence electrons. The summed E-state index contributed by atoms with van der Waals surface area (Å²) < 4.78 is 11.0. The molecule has 2 heteroatoms. The molecule has 0 unspecified atom stereocenters. The Balaban J connectivity index is 1.92. The zero-order valence-electron chi connectivity index (χ0n) is 10.4. The van der Waals surface area contributed by atoms with Crippen molar-refractivity contribution in [2.75, 3.05) is 13.2 Å². The summed E-state index contributed by atoms with van der Waals surface area (Å²) in [6.45, 7) is 3.57. The molecular formula is C16H16O2. The minimum atomic E-state index is 0.287. The lowest BCUT2D eigenvalue weighted by Crippen LogP contribution is -2.05. The zero-order valence-corrected chi connectivity index (χ0v) is 10.4. The molecule has 2 nitrogen and oxygen atoms in total. The quantitative estimate of drug-likeness (QED) is 0.764. The van der Waals surface area contributed by atoms with Crippen LogP contribution < -0.4 is 4.74 Å². The van der Waals surface area contributed by atoms with Crippen LogP contribution in [0.1, 0.15) is 5.56 Å². The van der Waals surface area contributed by atoms with E-state index >= 15 is 0 Å². The maximum Gasteiger partial charge on any atom is 0.127 e. The summed E-state index contributed by atoms with van der Waals surface area (Å²) in [5, 5.41) is 0. The van der Waals surface area contributed by atoms with E-state index in [0.717, 1.165) is 17.9 Å². The van der Waals surface area contributed by atoms with E-state index in [1.54, 1.807) is 0 Å². The predicted molar refractivity (Wildman–Crippen MR) is 71.9 cm³/mol. The lowest BCUT2D eigenvalue weighted by atomic mass is 10.0. The molecule has 0 amide bonds. The molecule has 1 atom stereocenters. The maximum atomic E-state index is 5.85. The molecule has 2 aromatic carbocycles. The molecule has 0 radical (unpaired) electrons. The largest absolute Gasteiger partial charge is 0.490 e. The van der Waals surface area contributed by atoms with Gasteiger partial charge in [0.25, 0.3) is 0 Å². The van der Waals surface area contributed by atoms with Crippen LogP contribution in [0.5, 0.6) is 5.75 Å². The van der Waals surface area contributed by atoms with Gasteiger partial charge in [0.2, 0.25) is 0 Å². The molecule has 0 bridgehead atoms. The van der Waals surface area contributed by atoms with E-state index in [2.05, 4.69) is 31.2 Å². The van der Waals surface area contributed by atoms with E-state index in [-0.39, 0.29) is 6.10 Å². The maximum absolute atomic E-state index is 5.85. The Bertz CT molecular complexity index is 530. The van der Waals surface area contributed by atoms with E-state index in [9.17, 15) is 0 Å². The first-order valence-corrected chi connectivity index (χ1v) is 6.23. The first kappa shape index (κ1) is 11.3. The number of hydrogen-bond acceptors (Lipinski definition) is 2. The third-order valence-corrected chi connectivity index (χ3v) is 3.05. The van der Waals surface area contributed by atoms with E-state index < -0.39 is 0 Å². The fourth-order valence-corrected chi connectivity index (χ4v) is 1.96. The summed E-state index contributed by atoms with van der Waals surface area (Å²) in [5.41, 5.74) is 3.58. The highest BCUT2D eigenvalue weighted by Gasteiger charge is 2.23. The highest BCUT2D eigenvalue weighted by atomic mass is 16.6. The third kappa shape index (κ3) is 2.54. The van der Waals surface area contributed by atoms with Gasteiger partial charge in [0.1, 0.15) is 18.5 Å². The van der Waals surface area contributed by atoms with Crippen LogP contribution >= 0.6 is 0 Å². The monoisotopic (exact) mass is 240 g/mol. The topological polar surface area (TPSA) is 21.8 Å². The molecule has 0 saturated carbocycles. The van der Waals surface area contributed by atoms with E-state index in [0.29, 0.717) is 6.61 Å². The number of ether oxygens (including phenoxy) is 2. The molecule has 1 aliphatic heterocycles. The van der Waals surface area contributed by atoms with Crippen molar-refractivity contribution in [1.29, 1.82) is 0 Å². The average Bonchev–Trinajstić information content (AvgIpc) is 3.22.